The Morgan fingerprint density at radius 1 is 0.453 bits per heavy atom. The highest BCUT2D eigenvalue weighted by atomic mass is 16.6. The Morgan fingerprint density at radius 3 is 1.23 bits per heavy atom. The first-order valence-corrected chi connectivity index (χ1v) is 22.7. The summed E-state index contributed by atoms with van der Waals surface area (Å²) in [6.07, 6.45) is 56.1. The van der Waals surface area contributed by atoms with Crippen LogP contribution in [0.15, 0.2) is 48.6 Å². The van der Waals surface area contributed by atoms with Crippen molar-refractivity contribution in [2.45, 2.75) is 232 Å². The van der Waals surface area contributed by atoms with E-state index >= 15 is 0 Å². The van der Waals surface area contributed by atoms with Gasteiger partial charge in [0.15, 0.2) is 6.10 Å². The van der Waals surface area contributed by atoms with Gasteiger partial charge in [-0.15, -0.1) is 0 Å². The second kappa shape index (κ2) is 44.3. The van der Waals surface area contributed by atoms with Crippen molar-refractivity contribution in [2.75, 3.05) is 13.2 Å². The Morgan fingerprint density at radius 2 is 0.811 bits per heavy atom. The van der Waals surface area contributed by atoms with Crippen LogP contribution in [0.4, 0.5) is 0 Å². The molecule has 53 heavy (non-hydrogen) atoms. The van der Waals surface area contributed by atoms with Crippen LogP contribution in [-0.4, -0.2) is 36.4 Å². The normalized spacial score (nSPS) is 12.6. The number of esters is 2. The van der Waals surface area contributed by atoms with Crippen molar-refractivity contribution >= 4 is 11.9 Å². The third-order valence-electron chi connectivity index (χ3n) is 9.89. The Labute approximate surface area is 328 Å². The fourth-order valence-electron chi connectivity index (χ4n) is 6.49. The Kier molecular flexibility index (Phi) is 42.5. The van der Waals surface area contributed by atoms with E-state index in [1.54, 1.807) is 0 Å². The van der Waals surface area contributed by atoms with E-state index in [0.717, 1.165) is 70.6 Å². The van der Waals surface area contributed by atoms with Crippen molar-refractivity contribution in [3.05, 3.63) is 48.6 Å². The van der Waals surface area contributed by atoms with E-state index in [1.807, 2.05) is 0 Å². The lowest BCUT2D eigenvalue weighted by Crippen LogP contribution is -2.28. The van der Waals surface area contributed by atoms with Gasteiger partial charge in [0.1, 0.15) is 6.61 Å². The number of ether oxygens (including phenoxy) is 2. The molecule has 1 atom stereocenters. The average Bonchev–Trinajstić information content (AvgIpc) is 3.16. The molecule has 5 heteroatoms. The predicted octanol–water partition coefficient (Wildman–Crippen LogP) is 14.6. The smallest absolute Gasteiger partial charge is 0.306 e. The largest absolute Gasteiger partial charge is 0.462 e. The van der Waals surface area contributed by atoms with E-state index in [1.165, 1.54) is 128 Å². The third kappa shape index (κ3) is 42.5. The van der Waals surface area contributed by atoms with Gasteiger partial charge in [-0.25, -0.2) is 0 Å². The van der Waals surface area contributed by atoms with Gasteiger partial charge in [-0.1, -0.05) is 210 Å². The second-order valence-electron chi connectivity index (χ2n) is 15.1. The van der Waals surface area contributed by atoms with Crippen LogP contribution in [0.1, 0.15) is 226 Å². The third-order valence-corrected chi connectivity index (χ3v) is 9.89. The number of allylic oxidation sites excluding steroid dienone is 8. The van der Waals surface area contributed by atoms with E-state index < -0.39 is 6.10 Å². The number of aliphatic hydroxyl groups is 1. The van der Waals surface area contributed by atoms with Crippen molar-refractivity contribution in [1.82, 2.24) is 0 Å². The van der Waals surface area contributed by atoms with Crippen molar-refractivity contribution in [3.63, 3.8) is 0 Å². The summed E-state index contributed by atoms with van der Waals surface area (Å²) >= 11 is 0. The zero-order valence-electron chi connectivity index (χ0n) is 35.0. The lowest BCUT2D eigenvalue weighted by atomic mass is 10.0. The molecule has 1 unspecified atom stereocenters. The minimum atomic E-state index is -0.775. The molecule has 0 aliphatic rings. The zero-order chi connectivity index (χ0) is 38.6. The van der Waals surface area contributed by atoms with E-state index in [0.29, 0.717) is 12.8 Å². The minimum Gasteiger partial charge on any atom is -0.462 e. The lowest BCUT2D eigenvalue weighted by Gasteiger charge is -2.15. The second-order valence-corrected chi connectivity index (χ2v) is 15.1. The quantitative estimate of drug-likeness (QED) is 0.0384. The van der Waals surface area contributed by atoms with Crippen LogP contribution in [0.5, 0.6) is 0 Å². The van der Waals surface area contributed by atoms with Crippen LogP contribution in [0.3, 0.4) is 0 Å². The number of hydrogen-bond acceptors (Lipinski definition) is 5. The van der Waals surface area contributed by atoms with Crippen LogP contribution >= 0.6 is 0 Å². The summed E-state index contributed by atoms with van der Waals surface area (Å²) in [5.74, 6) is -0.592. The highest BCUT2D eigenvalue weighted by Crippen LogP contribution is 2.15. The molecule has 0 fully saturated rings. The fraction of sp³-hybridized carbons (Fsp3) is 0.792. The first kappa shape index (κ1) is 50.9. The summed E-state index contributed by atoms with van der Waals surface area (Å²) in [4.78, 5) is 24.4. The van der Waals surface area contributed by atoms with Crippen LogP contribution in [-0.2, 0) is 19.1 Å². The standard InChI is InChI=1S/C48H86O5/c1-3-5-7-9-11-13-15-17-19-21-23-24-25-27-29-31-33-35-37-39-41-43-48(51)53-46(44-49)45-52-47(50)42-40-38-36-34-32-30-28-26-22-20-18-16-14-12-10-8-6-4-2/h5,7,11,13,17,19,23-24,46,49H,3-4,6,8-10,12,14-16,18,20-22,25-45H2,1-2H3/b7-5-,13-11-,19-17-,24-23-. The van der Waals surface area contributed by atoms with Crippen LogP contribution in [0, 0.1) is 0 Å². The molecule has 0 radical (unpaired) electrons. The molecule has 0 saturated heterocycles. The molecule has 0 aromatic heterocycles. The molecule has 0 amide bonds. The van der Waals surface area contributed by atoms with Crippen molar-refractivity contribution in [1.29, 1.82) is 0 Å². The monoisotopic (exact) mass is 743 g/mol. The van der Waals surface area contributed by atoms with Gasteiger partial charge >= 0.3 is 11.9 Å². The maximum atomic E-state index is 12.2. The van der Waals surface area contributed by atoms with Crippen LogP contribution in [0.2, 0.25) is 0 Å². The summed E-state index contributed by atoms with van der Waals surface area (Å²) in [7, 11) is 0. The maximum Gasteiger partial charge on any atom is 0.306 e. The van der Waals surface area contributed by atoms with Gasteiger partial charge in [-0.2, -0.15) is 0 Å². The first-order valence-electron chi connectivity index (χ1n) is 22.7. The number of rotatable bonds is 41. The van der Waals surface area contributed by atoms with Crippen molar-refractivity contribution < 1.29 is 24.2 Å². The molecule has 0 heterocycles. The Balaban J connectivity index is 3.53. The molecule has 0 spiro atoms. The zero-order valence-corrected chi connectivity index (χ0v) is 35.0. The number of unbranched alkanes of at least 4 members (excludes halogenated alkanes) is 25. The summed E-state index contributed by atoms with van der Waals surface area (Å²) in [5, 5.41) is 9.59. The van der Waals surface area contributed by atoms with Gasteiger partial charge in [0, 0.05) is 12.8 Å². The molecule has 5 nitrogen and oxygen atoms in total. The van der Waals surface area contributed by atoms with Crippen molar-refractivity contribution in [3.8, 4) is 0 Å². The predicted molar refractivity (Wildman–Crippen MR) is 228 cm³/mol. The van der Waals surface area contributed by atoms with Gasteiger partial charge in [0.2, 0.25) is 0 Å². The van der Waals surface area contributed by atoms with Crippen molar-refractivity contribution in [2.24, 2.45) is 0 Å². The van der Waals surface area contributed by atoms with Gasteiger partial charge in [0.25, 0.3) is 0 Å². The molecule has 308 valence electrons. The molecular weight excluding hydrogens is 657 g/mol. The average molecular weight is 743 g/mol. The molecule has 0 aromatic rings. The lowest BCUT2D eigenvalue weighted by molar-refractivity contribution is -0.161. The molecule has 1 N–H and O–H groups in total. The number of aliphatic hydroxyl groups excluding tert-OH is 1. The first-order chi connectivity index (χ1) is 26.1. The van der Waals surface area contributed by atoms with Gasteiger partial charge < -0.3 is 14.6 Å². The minimum absolute atomic E-state index is 0.0671. The number of carbonyl (C=O) groups is 2. The molecule has 0 aliphatic heterocycles. The van der Waals surface area contributed by atoms with E-state index in [9.17, 15) is 14.7 Å². The molecular formula is C48H86O5. The summed E-state index contributed by atoms with van der Waals surface area (Å²) in [5.41, 5.74) is 0. The van der Waals surface area contributed by atoms with E-state index in [4.69, 9.17) is 9.47 Å². The topological polar surface area (TPSA) is 72.8 Å². The highest BCUT2D eigenvalue weighted by molar-refractivity contribution is 5.70. The molecule has 0 rings (SSSR count). The Bertz CT molecular complexity index is 888. The van der Waals surface area contributed by atoms with Gasteiger partial charge in [-0.3, -0.25) is 9.59 Å². The SMILES string of the molecule is CC/C=C\C/C=C\C/C=C\C/C=C\CCCCCCCCCCC(=O)OC(CO)COC(=O)CCCCCCCCCCCCCCCCCCCC. The number of carbonyl (C=O) groups excluding carboxylic acids is 2. The highest BCUT2D eigenvalue weighted by Gasteiger charge is 2.16. The molecule has 0 aliphatic carbocycles. The Hall–Kier alpha value is -2.14. The van der Waals surface area contributed by atoms with Crippen LogP contribution in [0.25, 0.3) is 0 Å². The van der Waals surface area contributed by atoms with Gasteiger partial charge in [-0.05, 0) is 51.4 Å². The molecule has 0 bridgehead atoms. The van der Waals surface area contributed by atoms with Gasteiger partial charge in [0.05, 0.1) is 6.61 Å². The summed E-state index contributed by atoms with van der Waals surface area (Å²) in [6.45, 7) is 4.04. The fourth-order valence-corrected chi connectivity index (χ4v) is 6.49. The summed E-state index contributed by atoms with van der Waals surface area (Å²) < 4.78 is 10.6. The summed E-state index contributed by atoms with van der Waals surface area (Å²) in [6, 6.07) is 0. The van der Waals surface area contributed by atoms with E-state index in [-0.39, 0.29) is 25.2 Å². The molecule has 0 saturated carbocycles. The van der Waals surface area contributed by atoms with Crippen LogP contribution < -0.4 is 0 Å². The van der Waals surface area contributed by atoms with E-state index in [2.05, 4.69) is 62.5 Å². The number of hydrogen-bond donors (Lipinski definition) is 1. The molecule has 0 aromatic carbocycles. The maximum absolute atomic E-state index is 12.2.